The van der Waals surface area contributed by atoms with E-state index in [1.54, 1.807) is 12.1 Å². The van der Waals surface area contributed by atoms with Crippen LogP contribution in [0, 0.1) is 5.92 Å². The molecule has 0 radical (unpaired) electrons. The fourth-order valence-electron chi connectivity index (χ4n) is 2.63. The molecule has 1 unspecified atom stereocenters. The summed E-state index contributed by atoms with van der Waals surface area (Å²) >= 11 is 0. The van der Waals surface area contributed by atoms with E-state index < -0.39 is 5.92 Å². The number of benzene rings is 1. The molecule has 0 fully saturated rings. The molecule has 0 aliphatic heterocycles. The molecule has 1 aliphatic carbocycles. The lowest BCUT2D eigenvalue weighted by Crippen LogP contribution is -2.23. The highest BCUT2D eigenvalue weighted by Crippen LogP contribution is 2.27. The summed E-state index contributed by atoms with van der Waals surface area (Å²) in [6, 6.07) is 10.8. The zero-order valence-electron chi connectivity index (χ0n) is 10.5. The van der Waals surface area contributed by atoms with Crippen LogP contribution < -0.4 is 0 Å². The average Bonchev–Trinajstić information content (AvgIpc) is 2.91. The van der Waals surface area contributed by atoms with Crippen LogP contribution in [0.5, 0.6) is 0 Å². The molecule has 96 valence electrons. The first kappa shape index (κ1) is 11.9. The summed E-state index contributed by atoms with van der Waals surface area (Å²) in [4.78, 5) is 24.8. The summed E-state index contributed by atoms with van der Waals surface area (Å²) in [6.45, 7) is 0. The van der Waals surface area contributed by atoms with Crippen molar-refractivity contribution in [3.05, 3.63) is 59.5 Å². The van der Waals surface area contributed by atoms with Crippen LogP contribution in [-0.4, -0.2) is 11.6 Å². The first-order chi connectivity index (χ1) is 9.27. The van der Waals surface area contributed by atoms with Crippen molar-refractivity contribution in [2.24, 2.45) is 5.92 Å². The maximum atomic E-state index is 12.5. The van der Waals surface area contributed by atoms with E-state index in [9.17, 15) is 9.59 Å². The van der Waals surface area contributed by atoms with E-state index in [-0.39, 0.29) is 17.3 Å². The minimum absolute atomic E-state index is 0.0745. The highest BCUT2D eigenvalue weighted by Gasteiger charge is 2.32. The van der Waals surface area contributed by atoms with Crippen LogP contribution in [0.1, 0.15) is 39.3 Å². The number of fused-ring (bicyclic) bond motifs is 1. The predicted molar refractivity (Wildman–Crippen MR) is 70.2 cm³/mol. The Morgan fingerprint density at radius 2 is 2.00 bits per heavy atom. The summed E-state index contributed by atoms with van der Waals surface area (Å²) in [5.74, 6) is -0.603. The molecule has 1 aromatic heterocycles. The lowest BCUT2D eigenvalue weighted by Gasteiger charge is -2.10. The molecule has 0 bridgehead atoms. The highest BCUT2D eigenvalue weighted by molar-refractivity contribution is 6.15. The largest absolute Gasteiger partial charge is 0.461 e. The van der Waals surface area contributed by atoms with Crippen LogP contribution in [0.2, 0.25) is 0 Å². The Labute approximate surface area is 111 Å². The average molecular weight is 254 g/mol. The van der Waals surface area contributed by atoms with E-state index in [1.807, 2.05) is 24.3 Å². The first-order valence-electron chi connectivity index (χ1n) is 6.47. The topological polar surface area (TPSA) is 47.3 Å². The van der Waals surface area contributed by atoms with Crippen LogP contribution in [0.25, 0.3) is 0 Å². The molecule has 2 aromatic rings. The summed E-state index contributed by atoms with van der Waals surface area (Å²) < 4.78 is 5.12. The Bertz CT molecular complexity index is 611. The van der Waals surface area contributed by atoms with Gasteiger partial charge >= 0.3 is 0 Å². The van der Waals surface area contributed by atoms with Crippen LogP contribution >= 0.6 is 0 Å². The molecule has 19 heavy (non-hydrogen) atoms. The van der Waals surface area contributed by atoms with Gasteiger partial charge < -0.3 is 4.42 Å². The quantitative estimate of drug-likeness (QED) is 0.469. The van der Waals surface area contributed by atoms with Crippen LogP contribution in [0.3, 0.4) is 0 Å². The van der Waals surface area contributed by atoms with Gasteiger partial charge in [-0.05, 0) is 37.0 Å². The van der Waals surface area contributed by atoms with Gasteiger partial charge in [-0.15, -0.1) is 0 Å². The second-order valence-corrected chi connectivity index (χ2v) is 4.81. The monoisotopic (exact) mass is 254 g/mol. The number of hydrogen-bond acceptors (Lipinski definition) is 3. The van der Waals surface area contributed by atoms with E-state index >= 15 is 0 Å². The van der Waals surface area contributed by atoms with Crippen molar-refractivity contribution in [2.75, 3.05) is 0 Å². The van der Waals surface area contributed by atoms with Crippen molar-refractivity contribution < 1.29 is 14.0 Å². The van der Waals surface area contributed by atoms with Gasteiger partial charge in [-0.2, -0.15) is 0 Å². The van der Waals surface area contributed by atoms with Gasteiger partial charge in [-0.25, -0.2) is 0 Å². The molecule has 3 heteroatoms. The standard InChI is InChI=1S/C16H14O3/c17-15-12-7-2-1-5-11(12)6-3-8-13(15)16(18)14-9-4-10-19-14/h1-2,4-5,7,9-10,13H,3,6,8H2. The van der Waals surface area contributed by atoms with Crippen molar-refractivity contribution in [1.29, 1.82) is 0 Å². The minimum Gasteiger partial charge on any atom is -0.461 e. The van der Waals surface area contributed by atoms with Crippen molar-refractivity contribution in [3.63, 3.8) is 0 Å². The fourth-order valence-corrected chi connectivity index (χ4v) is 2.63. The number of ketones is 2. The zero-order chi connectivity index (χ0) is 13.2. The van der Waals surface area contributed by atoms with Gasteiger partial charge in [0.1, 0.15) is 0 Å². The molecule has 1 heterocycles. The maximum absolute atomic E-state index is 12.5. The molecule has 1 atom stereocenters. The van der Waals surface area contributed by atoms with E-state index in [0.717, 1.165) is 18.4 Å². The van der Waals surface area contributed by atoms with E-state index in [4.69, 9.17) is 4.42 Å². The summed E-state index contributed by atoms with van der Waals surface area (Å²) in [5, 5.41) is 0. The van der Waals surface area contributed by atoms with Crippen LogP contribution in [0.15, 0.2) is 47.1 Å². The van der Waals surface area contributed by atoms with E-state index in [1.165, 1.54) is 6.26 Å². The molecule has 0 amide bonds. The lowest BCUT2D eigenvalue weighted by atomic mass is 9.90. The molecule has 3 rings (SSSR count). The van der Waals surface area contributed by atoms with Gasteiger partial charge in [0, 0.05) is 5.56 Å². The van der Waals surface area contributed by atoms with E-state index in [2.05, 4.69) is 0 Å². The maximum Gasteiger partial charge on any atom is 0.208 e. The van der Waals surface area contributed by atoms with Crippen molar-refractivity contribution in [3.8, 4) is 0 Å². The summed E-state index contributed by atoms with van der Waals surface area (Å²) in [7, 11) is 0. The molecule has 0 saturated heterocycles. The predicted octanol–water partition coefficient (Wildman–Crippen LogP) is 3.30. The summed E-state index contributed by atoms with van der Waals surface area (Å²) in [5.41, 5.74) is 1.73. The first-order valence-corrected chi connectivity index (χ1v) is 6.47. The number of carbonyl (C=O) groups is 2. The SMILES string of the molecule is O=C(c1ccco1)C1CCCc2ccccc2C1=O. The highest BCUT2D eigenvalue weighted by atomic mass is 16.3. The minimum atomic E-state index is -0.602. The van der Waals surface area contributed by atoms with Gasteiger partial charge in [0.15, 0.2) is 11.5 Å². The number of aryl methyl sites for hydroxylation is 1. The van der Waals surface area contributed by atoms with Crippen molar-refractivity contribution >= 4 is 11.6 Å². The Morgan fingerprint density at radius 1 is 1.16 bits per heavy atom. The Balaban J connectivity index is 1.96. The van der Waals surface area contributed by atoms with Crippen LogP contribution in [0.4, 0.5) is 0 Å². The van der Waals surface area contributed by atoms with Gasteiger partial charge in [0.2, 0.25) is 5.78 Å². The number of Topliss-reactive ketones (excluding diaryl/α,β-unsaturated/α-hetero) is 2. The number of furan rings is 1. The molecule has 1 aromatic carbocycles. The van der Waals surface area contributed by atoms with Crippen molar-refractivity contribution in [2.45, 2.75) is 19.3 Å². The number of hydrogen-bond donors (Lipinski definition) is 0. The Hall–Kier alpha value is -2.16. The third-order valence-corrected chi connectivity index (χ3v) is 3.62. The molecule has 1 aliphatic rings. The number of carbonyl (C=O) groups excluding carboxylic acids is 2. The molecule has 3 nitrogen and oxygen atoms in total. The number of rotatable bonds is 2. The van der Waals surface area contributed by atoms with Gasteiger partial charge in [0.05, 0.1) is 12.2 Å². The third-order valence-electron chi connectivity index (χ3n) is 3.62. The van der Waals surface area contributed by atoms with Gasteiger partial charge in [-0.1, -0.05) is 24.3 Å². The fraction of sp³-hybridized carbons (Fsp3) is 0.250. The van der Waals surface area contributed by atoms with E-state index in [0.29, 0.717) is 12.0 Å². The summed E-state index contributed by atoms with van der Waals surface area (Å²) in [6.07, 6.45) is 3.75. The van der Waals surface area contributed by atoms with Crippen LogP contribution in [-0.2, 0) is 6.42 Å². The molecule has 0 saturated carbocycles. The second-order valence-electron chi connectivity index (χ2n) is 4.81. The molecular weight excluding hydrogens is 240 g/mol. The normalized spacial score (nSPS) is 18.7. The van der Waals surface area contributed by atoms with Gasteiger partial charge in [0.25, 0.3) is 0 Å². The lowest BCUT2D eigenvalue weighted by molar-refractivity contribution is 0.0784. The third kappa shape index (κ3) is 2.12. The Kier molecular flexibility index (Phi) is 3.03. The molecular formula is C16H14O3. The zero-order valence-corrected chi connectivity index (χ0v) is 10.5. The molecule has 0 N–H and O–H groups in total. The van der Waals surface area contributed by atoms with Crippen molar-refractivity contribution in [1.82, 2.24) is 0 Å². The van der Waals surface area contributed by atoms with Gasteiger partial charge in [-0.3, -0.25) is 9.59 Å². The second kappa shape index (κ2) is 4.84. The molecule has 0 spiro atoms. The Morgan fingerprint density at radius 3 is 2.79 bits per heavy atom. The smallest absolute Gasteiger partial charge is 0.208 e.